The molecule has 8 nitrogen and oxygen atoms in total. The van der Waals surface area contributed by atoms with Gasteiger partial charge in [0.1, 0.15) is 29.1 Å². The van der Waals surface area contributed by atoms with Crippen molar-refractivity contribution in [3.8, 4) is 0 Å². The van der Waals surface area contributed by atoms with E-state index in [4.69, 9.17) is 14.6 Å². The van der Waals surface area contributed by atoms with Crippen LogP contribution in [0.4, 0.5) is 8.78 Å². The predicted octanol–water partition coefficient (Wildman–Crippen LogP) is 3.10. The first-order valence-corrected chi connectivity index (χ1v) is 14.3. The topological polar surface area (TPSA) is 96.4 Å². The van der Waals surface area contributed by atoms with Crippen LogP contribution in [0.2, 0.25) is 0 Å². The number of aliphatic hydroxyl groups excluding tert-OH is 1. The van der Waals surface area contributed by atoms with E-state index in [-0.39, 0.29) is 70.0 Å². The molecule has 1 N–H and O–H groups in total. The molecule has 2 aliphatic rings. The average molecular weight is 553 g/mol. The maximum atomic E-state index is 15.6. The van der Waals surface area contributed by atoms with Crippen molar-refractivity contribution in [1.82, 2.24) is 9.21 Å². The molecule has 1 amide bonds. The van der Waals surface area contributed by atoms with Crippen molar-refractivity contribution in [1.29, 1.82) is 0 Å². The van der Waals surface area contributed by atoms with Gasteiger partial charge in [0.05, 0.1) is 6.61 Å². The Kier molecular flexibility index (Phi) is 9.15. The standard InChI is InChI=1S/C27H34F2N2O6S/c1-30(12-13-32)26(33)19-37-27(9-14-36-15-10-27)22-17-23(28)21(16-24(22)29)18-31-11-5-8-25(38(31,34)35)20-6-3-2-4-7-20/h2-4,6-7,16-17,25,32H,5,8-15,18-19H2,1H3/t25-/m1/s1. The van der Waals surface area contributed by atoms with E-state index in [1.807, 2.05) is 6.07 Å². The molecule has 0 radical (unpaired) electrons. The Morgan fingerprint density at radius 2 is 1.89 bits per heavy atom. The van der Waals surface area contributed by atoms with E-state index in [2.05, 4.69) is 0 Å². The highest BCUT2D eigenvalue weighted by Gasteiger charge is 2.40. The second-order valence-electron chi connectivity index (χ2n) is 9.78. The van der Waals surface area contributed by atoms with Crippen LogP contribution in [-0.2, 0) is 36.4 Å². The zero-order chi connectivity index (χ0) is 27.3. The average Bonchev–Trinajstić information content (AvgIpc) is 2.91. The summed E-state index contributed by atoms with van der Waals surface area (Å²) in [7, 11) is -2.26. The Balaban J connectivity index is 1.57. The second kappa shape index (κ2) is 12.2. The fourth-order valence-corrected chi connectivity index (χ4v) is 7.14. The van der Waals surface area contributed by atoms with Gasteiger partial charge in [-0.3, -0.25) is 4.79 Å². The molecule has 0 unspecified atom stereocenters. The van der Waals surface area contributed by atoms with E-state index < -0.39 is 38.4 Å². The lowest BCUT2D eigenvalue weighted by Gasteiger charge is -2.38. The highest BCUT2D eigenvalue weighted by atomic mass is 32.2. The van der Waals surface area contributed by atoms with Crippen molar-refractivity contribution in [2.45, 2.75) is 43.1 Å². The smallest absolute Gasteiger partial charge is 0.248 e. The van der Waals surface area contributed by atoms with Crippen LogP contribution in [0.3, 0.4) is 0 Å². The lowest BCUT2D eigenvalue weighted by atomic mass is 9.85. The number of sulfonamides is 1. The minimum Gasteiger partial charge on any atom is -0.395 e. The number of ether oxygens (including phenoxy) is 2. The van der Waals surface area contributed by atoms with Gasteiger partial charge in [-0.15, -0.1) is 0 Å². The zero-order valence-corrected chi connectivity index (χ0v) is 22.3. The summed E-state index contributed by atoms with van der Waals surface area (Å²) >= 11 is 0. The lowest BCUT2D eigenvalue weighted by molar-refractivity contribution is -0.154. The van der Waals surface area contributed by atoms with Gasteiger partial charge in [-0.1, -0.05) is 30.3 Å². The van der Waals surface area contributed by atoms with Crippen LogP contribution in [0.1, 0.15) is 47.6 Å². The number of halogens is 2. The number of likely N-dealkylation sites (N-methyl/N-ethyl adjacent to an activating group) is 1. The molecule has 1 atom stereocenters. The molecule has 208 valence electrons. The van der Waals surface area contributed by atoms with Gasteiger partial charge in [-0.25, -0.2) is 17.2 Å². The van der Waals surface area contributed by atoms with Crippen LogP contribution in [0.5, 0.6) is 0 Å². The van der Waals surface area contributed by atoms with Gasteiger partial charge in [0, 0.05) is 63.9 Å². The number of benzene rings is 2. The number of amides is 1. The number of rotatable bonds is 9. The molecular weight excluding hydrogens is 518 g/mol. The largest absolute Gasteiger partial charge is 0.395 e. The lowest BCUT2D eigenvalue weighted by Crippen LogP contribution is -2.42. The second-order valence-corrected chi connectivity index (χ2v) is 11.9. The van der Waals surface area contributed by atoms with Crippen LogP contribution in [0.25, 0.3) is 0 Å². The SMILES string of the molecule is CN(CCO)C(=O)COC1(c2cc(F)c(CN3CCC[C@H](c4ccccc4)S3(=O)=O)cc2F)CCOCC1. The first-order chi connectivity index (χ1) is 18.2. The maximum Gasteiger partial charge on any atom is 0.248 e. The molecule has 4 rings (SSSR count). The van der Waals surface area contributed by atoms with Crippen molar-refractivity contribution in [2.24, 2.45) is 0 Å². The van der Waals surface area contributed by atoms with Crippen LogP contribution < -0.4 is 0 Å². The third-order valence-corrected chi connectivity index (χ3v) is 9.63. The van der Waals surface area contributed by atoms with Crippen LogP contribution in [-0.4, -0.2) is 75.2 Å². The fourth-order valence-electron chi connectivity index (χ4n) is 5.11. The molecule has 38 heavy (non-hydrogen) atoms. The molecule has 0 aliphatic carbocycles. The van der Waals surface area contributed by atoms with Crippen LogP contribution in [0, 0.1) is 11.6 Å². The number of hydrogen-bond donors (Lipinski definition) is 1. The maximum absolute atomic E-state index is 15.6. The fraction of sp³-hybridized carbons (Fsp3) is 0.519. The predicted molar refractivity (Wildman–Crippen MR) is 137 cm³/mol. The van der Waals surface area contributed by atoms with Gasteiger partial charge < -0.3 is 19.5 Å². The summed E-state index contributed by atoms with van der Waals surface area (Å²) in [5.41, 5.74) is -0.683. The zero-order valence-electron chi connectivity index (χ0n) is 21.4. The van der Waals surface area contributed by atoms with Gasteiger partial charge in [0.25, 0.3) is 0 Å². The molecule has 0 saturated carbocycles. The Labute approximate surface area is 222 Å². The van der Waals surface area contributed by atoms with E-state index >= 15 is 8.78 Å². The van der Waals surface area contributed by atoms with E-state index in [0.29, 0.717) is 18.4 Å². The minimum atomic E-state index is -3.78. The molecule has 2 aromatic rings. The van der Waals surface area contributed by atoms with E-state index in [1.165, 1.54) is 16.3 Å². The molecule has 2 fully saturated rings. The normalized spacial score (nSPS) is 21.2. The van der Waals surface area contributed by atoms with Crippen LogP contribution >= 0.6 is 0 Å². The number of aliphatic hydroxyl groups is 1. The third-order valence-electron chi connectivity index (χ3n) is 7.37. The molecule has 0 bridgehead atoms. The van der Waals surface area contributed by atoms with Gasteiger partial charge in [-0.2, -0.15) is 4.31 Å². The summed E-state index contributed by atoms with van der Waals surface area (Å²) in [6.07, 6.45) is 1.52. The summed E-state index contributed by atoms with van der Waals surface area (Å²) in [6, 6.07) is 11.0. The Hall–Kier alpha value is -2.44. The summed E-state index contributed by atoms with van der Waals surface area (Å²) in [6.45, 7) is -0.0146. The Bertz CT molecular complexity index is 1220. The molecule has 11 heteroatoms. The number of nitrogens with zero attached hydrogens (tertiary/aromatic N) is 2. The molecule has 2 aromatic carbocycles. The van der Waals surface area contributed by atoms with E-state index in [9.17, 15) is 13.2 Å². The third kappa shape index (κ3) is 6.07. The number of carbonyl (C=O) groups is 1. The Morgan fingerprint density at radius 1 is 1.18 bits per heavy atom. The molecule has 0 aromatic heterocycles. The molecular formula is C27H34F2N2O6S. The van der Waals surface area contributed by atoms with Crippen molar-refractivity contribution >= 4 is 15.9 Å². The Morgan fingerprint density at radius 3 is 2.58 bits per heavy atom. The van der Waals surface area contributed by atoms with Gasteiger partial charge in [0.2, 0.25) is 15.9 Å². The quantitative estimate of drug-likeness (QED) is 0.514. The minimum absolute atomic E-state index is 0.0247. The van der Waals surface area contributed by atoms with Gasteiger partial charge in [-0.05, 0) is 30.5 Å². The van der Waals surface area contributed by atoms with Crippen molar-refractivity contribution in [3.63, 3.8) is 0 Å². The monoisotopic (exact) mass is 552 g/mol. The summed E-state index contributed by atoms with van der Waals surface area (Å²) in [5.74, 6) is -1.87. The van der Waals surface area contributed by atoms with Crippen molar-refractivity contribution in [2.75, 3.05) is 46.6 Å². The number of hydrogen-bond acceptors (Lipinski definition) is 6. The molecule has 2 aliphatic heterocycles. The van der Waals surface area contributed by atoms with E-state index in [0.717, 1.165) is 12.1 Å². The molecule has 2 saturated heterocycles. The van der Waals surface area contributed by atoms with Crippen molar-refractivity contribution in [3.05, 3.63) is 70.8 Å². The first kappa shape index (κ1) is 28.6. The molecule has 0 spiro atoms. The van der Waals surface area contributed by atoms with Crippen molar-refractivity contribution < 1.29 is 36.6 Å². The number of carbonyl (C=O) groups excluding carboxylic acids is 1. The van der Waals surface area contributed by atoms with Gasteiger partial charge in [0.15, 0.2) is 0 Å². The summed E-state index contributed by atoms with van der Waals surface area (Å²) < 4.78 is 70.3. The first-order valence-electron chi connectivity index (χ1n) is 12.8. The highest BCUT2D eigenvalue weighted by molar-refractivity contribution is 7.89. The summed E-state index contributed by atoms with van der Waals surface area (Å²) in [5, 5.41) is 8.33. The summed E-state index contributed by atoms with van der Waals surface area (Å²) in [4.78, 5) is 13.7. The molecule has 2 heterocycles. The van der Waals surface area contributed by atoms with Crippen LogP contribution in [0.15, 0.2) is 42.5 Å². The highest BCUT2D eigenvalue weighted by Crippen LogP contribution is 2.40. The van der Waals surface area contributed by atoms with Gasteiger partial charge >= 0.3 is 0 Å². The van der Waals surface area contributed by atoms with E-state index in [1.54, 1.807) is 24.3 Å².